The average Bonchev–Trinajstić information content (AvgIpc) is 2.14. The lowest BCUT2D eigenvalue weighted by Gasteiger charge is -2.08. The van der Waals surface area contributed by atoms with Gasteiger partial charge in [-0.2, -0.15) is 0 Å². The molecule has 0 heterocycles. The van der Waals surface area contributed by atoms with Gasteiger partial charge in [-0.25, -0.2) is 14.3 Å². The quantitative estimate of drug-likeness (QED) is 0.776. The molecule has 0 saturated carbocycles. The zero-order valence-corrected chi connectivity index (χ0v) is 9.67. The SMILES string of the molecule is Cc1ccc(CCON)c(S(C)(=O)=O)c1. The number of hydrogen-bond acceptors (Lipinski definition) is 4. The van der Waals surface area contributed by atoms with Crippen molar-refractivity contribution in [2.45, 2.75) is 18.2 Å². The van der Waals surface area contributed by atoms with Gasteiger partial charge in [0.15, 0.2) is 9.84 Å². The van der Waals surface area contributed by atoms with Crippen LogP contribution in [0, 0.1) is 6.92 Å². The fourth-order valence-corrected chi connectivity index (χ4v) is 2.43. The van der Waals surface area contributed by atoms with E-state index >= 15 is 0 Å². The molecule has 0 aromatic heterocycles. The number of benzene rings is 1. The number of aryl methyl sites for hydroxylation is 1. The van der Waals surface area contributed by atoms with Gasteiger partial charge in [-0.05, 0) is 30.5 Å². The number of sulfone groups is 1. The molecule has 0 amide bonds. The van der Waals surface area contributed by atoms with Crippen molar-refractivity contribution in [2.24, 2.45) is 5.90 Å². The predicted molar refractivity (Wildman–Crippen MR) is 58.1 cm³/mol. The van der Waals surface area contributed by atoms with Crippen LogP contribution in [0.15, 0.2) is 23.1 Å². The molecule has 1 aromatic carbocycles. The highest BCUT2D eigenvalue weighted by Crippen LogP contribution is 2.18. The van der Waals surface area contributed by atoms with Crippen molar-refractivity contribution in [1.82, 2.24) is 0 Å². The maximum absolute atomic E-state index is 11.5. The third-order valence-corrected chi connectivity index (χ3v) is 3.29. The van der Waals surface area contributed by atoms with Crippen LogP contribution in [0.25, 0.3) is 0 Å². The van der Waals surface area contributed by atoms with E-state index in [-0.39, 0.29) is 0 Å². The Morgan fingerprint density at radius 3 is 2.60 bits per heavy atom. The normalized spacial score (nSPS) is 11.7. The van der Waals surface area contributed by atoms with E-state index < -0.39 is 9.84 Å². The molecule has 0 radical (unpaired) electrons. The van der Waals surface area contributed by atoms with Gasteiger partial charge in [0, 0.05) is 6.26 Å². The van der Waals surface area contributed by atoms with Crippen LogP contribution in [0.4, 0.5) is 0 Å². The second-order valence-corrected chi connectivity index (χ2v) is 5.49. The lowest BCUT2D eigenvalue weighted by Crippen LogP contribution is -2.08. The van der Waals surface area contributed by atoms with Gasteiger partial charge in [-0.1, -0.05) is 12.1 Å². The van der Waals surface area contributed by atoms with Crippen LogP contribution in [0.3, 0.4) is 0 Å². The first-order valence-electron chi connectivity index (χ1n) is 4.56. The van der Waals surface area contributed by atoms with Crippen molar-refractivity contribution in [2.75, 3.05) is 12.9 Å². The van der Waals surface area contributed by atoms with Gasteiger partial charge in [0.05, 0.1) is 11.5 Å². The Kier molecular flexibility index (Phi) is 3.84. The van der Waals surface area contributed by atoms with Gasteiger partial charge >= 0.3 is 0 Å². The zero-order valence-electron chi connectivity index (χ0n) is 8.86. The molecule has 0 fully saturated rings. The highest BCUT2D eigenvalue weighted by molar-refractivity contribution is 7.90. The van der Waals surface area contributed by atoms with Crippen molar-refractivity contribution in [3.8, 4) is 0 Å². The van der Waals surface area contributed by atoms with Gasteiger partial charge in [0.1, 0.15) is 0 Å². The summed E-state index contributed by atoms with van der Waals surface area (Å²) >= 11 is 0. The molecule has 0 unspecified atom stereocenters. The van der Waals surface area contributed by atoms with E-state index in [9.17, 15) is 8.42 Å². The molecule has 0 bridgehead atoms. The fraction of sp³-hybridized carbons (Fsp3) is 0.400. The van der Waals surface area contributed by atoms with E-state index in [1.807, 2.05) is 13.0 Å². The summed E-state index contributed by atoms with van der Waals surface area (Å²) in [6.07, 6.45) is 1.70. The first-order chi connectivity index (χ1) is 6.95. The third kappa shape index (κ3) is 3.30. The minimum atomic E-state index is -3.18. The number of hydrogen-bond donors (Lipinski definition) is 1. The number of nitrogens with two attached hydrogens (primary N) is 1. The summed E-state index contributed by atoms with van der Waals surface area (Å²) in [7, 11) is -3.18. The molecule has 15 heavy (non-hydrogen) atoms. The Hall–Kier alpha value is -0.910. The van der Waals surface area contributed by atoms with E-state index in [0.717, 1.165) is 11.1 Å². The van der Waals surface area contributed by atoms with E-state index in [1.54, 1.807) is 12.1 Å². The molecule has 4 nitrogen and oxygen atoms in total. The van der Waals surface area contributed by atoms with Crippen LogP contribution in [0.2, 0.25) is 0 Å². The topological polar surface area (TPSA) is 69.4 Å². The van der Waals surface area contributed by atoms with Gasteiger partial charge in [-0.3, -0.25) is 0 Å². The first kappa shape index (κ1) is 12.2. The third-order valence-electron chi connectivity index (χ3n) is 2.11. The lowest BCUT2D eigenvalue weighted by molar-refractivity contribution is 0.141. The minimum absolute atomic E-state index is 0.311. The maximum Gasteiger partial charge on any atom is 0.175 e. The van der Waals surface area contributed by atoms with Crippen LogP contribution in [0.5, 0.6) is 0 Å². The van der Waals surface area contributed by atoms with Gasteiger partial charge in [0.25, 0.3) is 0 Å². The Morgan fingerprint density at radius 1 is 1.40 bits per heavy atom. The Labute approximate surface area is 89.9 Å². The summed E-state index contributed by atoms with van der Waals surface area (Å²) < 4.78 is 23.0. The van der Waals surface area contributed by atoms with Crippen molar-refractivity contribution in [3.63, 3.8) is 0 Å². The standard InChI is InChI=1S/C10H15NO3S/c1-8-3-4-9(5-6-14-11)10(7-8)15(2,12)13/h3-4,7H,5-6,11H2,1-2H3. The molecule has 5 heteroatoms. The average molecular weight is 229 g/mol. The van der Waals surface area contributed by atoms with Crippen LogP contribution < -0.4 is 5.90 Å². The molecule has 2 N–H and O–H groups in total. The molecular formula is C10H15NO3S. The summed E-state index contributed by atoms with van der Waals surface area (Å²) in [5.41, 5.74) is 1.67. The van der Waals surface area contributed by atoms with E-state index in [0.29, 0.717) is 17.9 Å². The molecule has 0 spiro atoms. The minimum Gasteiger partial charge on any atom is -0.304 e. The molecular weight excluding hydrogens is 214 g/mol. The van der Waals surface area contributed by atoms with Gasteiger partial charge in [-0.15, -0.1) is 0 Å². The molecule has 0 saturated heterocycles. The van der Waals surface area contributed by atoms with Crippen molar-refractivity contribution in [1.29, 1.82) is 0 Å². The Morgan fingerprint density at radius 2 is 2.07 bits per heavy atom. The van der Waals surface area contributed by atoms with Crippen LogP contribution in [0.1, 0.15) is 11.1 Å². The predicted octanol–water partition coefficient (Wildman–Crippen LogP) is 0.831. The summed E-state index contributed by atoms with van der Waals surface area (Å²) in [6.45, 7) is 2.17. The van der Waals surface area contributed by atoms with Gasteiger partial charge < -0.3 is 4.84 Å². The molecule has 0 aliphatic carbocycles. The Balaban J connectivity index is 3.15. The van der Waals surface area contributed by atoms with Crippen LogP contribution in [-0.4, -0.2) is 21.3 Å². The van der Waals surface area contributed by atoms with E-state index in [1.165, 1.54) is 6.26 Å². The largest absolute Gasteiger partial charge is 0.304 e. The van der Waals surface area contributed by atoms with Crippen molar-refractivity contribution >= 4 is 9.84 Å². The molecule has 1 rings (SSSR count). The van der Waals surface area contributed by atoms with E-state index in [4.69, 9.17) is 5.90 Å². The van der Waals surface area contributed by atoms with E-state index in [2.05, 4.69) is 4.84 Å². The molecule has 0 atom stereocenters. The second-order valence-electron chi connectivity index (χ2n) is 3.50. The van der Waals surface area contributed by atoms with Crippen LogP contribution >= 0.6 is 0 Å². The summed E-state index contributed by atoms with van der Waals surface area (Å²) in [5, 5.41) is 0. The maximum atomic E-state index is 11.5. The lowest BCUT2D eigenvalue weighted by atomic mass is 10.1. The van der Waals surface area contributed by atoms with Gasteiger partial charge in [0.2, 0.25) is 0 Å². The van der Waals surface area contributed by atoms with Crippen molar-refractivity contribution < 1.29 is 13.3 Å². The molecule has 1 aromatic rings. The zero-order chi connectivity index (χ0) is 11.5. The molecule has 0 aliphatic heterocycles. The monoisotopic (exact) mass is 229 g/mol. The highest BCUT2D eigenvalue weighted by Gasteiger charge is 2.12. The smallest absolute Gasteiger partial charge is 0.175 e. The highest BCUT2D eigenvalue weighted by atomic mass is 32.2. The first-order valence-corrected chi connectivity index (χ1v) is 6.45. The summed E-state index contributed by atoms with van der Waals surface area (Å²) in [4.78, 5) is 4.81. The molecule has 84 valence electrons. The fourth-order valence-electron chi connectivity index (χ4n) is 1.38. The summed E-state index contributed by atoms with van der Waals surface area (Å²) in [5.74, 6) is 4.92. The molecule has 0 aliphatic rings. The van der Waals surface area contributed by atoms with Crippen LogP contribution in [-0.2, 0) is 21.1 Å². The number of rotatable bonds is 4. The summed E-state index contributed by atoms with van der Waals surface area (Å²) in [6, 6.07) is 5.34. The van der Waals surface area contributed by atoms with Crippen molar-refractivity contribution in [3.05, 3.63) is 29.3 Å². The second kappa shape index (κ2) is 4.74. The Bertz CT molecular complexity index is 440.